The van der Waals surface area contributed by atoms with E-state index in [1.807, 2.05) is 26.8 Å². The second-order valence-electron chi connectivity index (χ2n) is 8.85. The van der Waals surface area contributed by atoms with Gasteiger partial charge in [-0.2, -0.15) is 0 Å². The number of carboxylic acids is 1. The smallest absolute Gasteiger partial charge is 0.309 e. The third-order valence-corrected chi connectivity index (χ3v) is 7.22. The molecule has 2 aliphatic carbocycles. The Labute approximate surface area is 146 Å². The van der Waals surface area contributed by atoms with Crippen LogP contribution in [0.25, 0.3) is 0 Å². The molecule has 0 aromatic rings. The fourth-order valence-electron chi connectivity index (χ4n) is 5.83. The van der Waals surface area contributed by atoms with Gasteiger partial charge in [0.2, 0.25) is 0 Å². The van der Waals surface area contributed by atoms with Gasteiger partial charge in [-0.1, -0.05) is 25.0 Å². The molecule has 0 saturated heterocycles. The lowest BCUT2D eigenvalue weighted by Crippen LogP contribution is -2.59. The van der Waals surface area contributed by atoms with Crippen molar-refractivity contribution in [3.63, 3.8) is 0 Å². The molecule has 0 aromatic carbocycles. The van der Waals surface area contributed by atoms with E-state index in [0.717, 1.165) is 44.1 Å². The van der Waals surface area contributed by atoms with Crippen LogP contribution < -0.4 is 0 Å². The highest BCUT2D eigenvalue weighted by atomic mass is 16.4. The van der Waals surface area contributed by atoms with Gasteiger partial charge in [-0.05, 0) is 76.5 Å². The Morgan fingerprint density at radius 2 is 1.88 bits per heavy atom. The molecule has 4 nitrogen and oxygen atoms in total. The molecular weight excluding hydrogens is 304 g/mol. The maximum absolute atomic E-state index is 12.0. The fraction of sp³-hybridized carbons (Fsp3) is 0.850. The molecule has 2 fully saturated rings. The number of aliphatic carboxylic acids is 1. The molecule has 138 valence electrons. The van der Waals surface area contributed by atoms with Gasteiger partial charge in [0.05, 0.1) is 17.6 Å². The molecule has 0 heterocycles. The Bertz CT molecular complexity index is 510. The Morgan fingerprint density at radius 1 is 1.21 bits per heavy atom. The number of fused-ring (bicyclic) bond motifs is 1. The molecule has 0 radical (unpaired) electrons. The summed E-state index contributed by atoms with van der Waals surface area (Å²) in [6.07, 6.45) is 7.60. The van der Waals surface area contributed by atoms with E-state index < -0.39 is 17.0 Å². The lowest BCUT2D eigenvalue weighted by molar-refractivity contribution is -0.190. The maximum Gasteiger partial charge on any atom is 0.309 e. The van der Waals surface area contributed by atoms with Crippen molar-refractivity contribution >= 4 is 5.97 Å². The molecule has 2 aliphatic rings. The van der Waals surface area contributed by atoms with E-state index in [0.29, 0.717) is 6.42 Å². The van der Waals surface area contributed by atoms with Gasteiger partial charge in [-0.3, -0.25) is 4.79 Å². The van der Waals surface area contributed by atoms with Crippen LogP contribution >= 0.6 is 0 Å². The second kappa shape index (κ2) is 6.80. The number of aliphatic hydroxyl groups excluding tert-OH is 1. The van der Waals surface area contributed by atoms with Crippen molar-refractivity contribution < 1.29 is 20.1 Å². The molecule has 0 aliphatic heterocycles. The predicted octanol–water partition coefficient (Wildman–Crippen LogP) is 3.76. The van der Waals surface area contributed by atoms with Crippen LogP contribution in [0.5, 0.6) is 0 Å². The van der Waals surface area contributed by atoms with E-state index in [1.54, 1.807) is 0 Å². The van der Waals surface area contributed by atoms with Gasteiger partial charge in [0, 0.05) is 0 Å². The zero-order chi connectivity index (χ0) is 18.2. The molecule has 0 spiro atoms. The van der Waals surface area contributed by atoms with Gasteiger partial charge in [-0.15, -0.1) is 0 Å². The molecule has 0 bridgehead atoms. The van der Waals surface area contributed by atoms with Gasteiger partial charge in [0.1, 0.15) is 0 Å². The predicted molar refractivity (Wildman–Crippen MR) is 94.6 cm³/mol. The van der Waals surface area contributed by atoms with Crippen LogP contribution in [-0.4, -0.2) is 33.5 Å². The van der Waals surface area contributed by atoms with Crippen LogP contribution in [0.4, 0.5) is 0 Å². The zero-order valence-electron chi connectivity index (χ0n) is 15.6. The van der Waals surface area contributed by atoms with E-state index in [4.69, 9.17) is 5.11 Å². The topological polar surface area (TPSA) is 77.8 Å². The number of hydrogen-bond donors (Lipinski definition) is 3. The van der Waals surface area contributed by atoms with Gasteiger partial charge >= 0.3 is 5.97 Å². The van der Waals surface area contributed by atoms with Crippen molar-refractivity contribution in [2.45, 2.75) is 78.2 Å². The van der Waals surface area contributed by atoms with Crippen molar-refractivity contribution in [3.8, 4) is 0 Å². The minimum atomic E-state index is -0.749. The standard InChI is InChI=1S/C20H34O4/c1-14(9-13-21)6-7-16-18(2)10-5-11-19(3,17(22)23)15(18)8-12-20(16,4)24/h9,15-16,21,24H,5-8,10-13H2,1-4H3,(H,22,23)/b14-9-/t15-,16+,18-,19-,20+/m0/s1. The lowest BCUT2D eigenvalue weighted by Gasteiger charge is -2.60. The SMILES string of the molecule is C/C(=C/CO)CC[C@@H]1[C@@]2(C)CCC[C@](C)(C(=O)O)[C@H]2CC[C@@]1(C)O. The molecule has 2 saturated carbocycles. The molecule has 5 atom stereocenters. The van der Waals surface area contributed by atoms with Gasteiger partial charge in [0.15, 0.2) is 0 Å². The van der Waals surface area contributed by atoms with E-state index >= 15 is 0 Å². The Balaban J connectivity index is 2.32. The average molecular weight is 338 g/mol. The average Bonchev–Trinajstić information content (AvgIpc) is 2.45. The summed E-state index contributed by atoms with van der Waals surface area (Å²) in [6.45, 7) is 8.10. The summed E-state index contributed by atoms with van der Waals surface area (Å²) in [5.74, 6) is -0.483. The van der Waals surface area contributed by atoms with Crippen LogP contribution in [0.1, 0.15) is 72.6 Å². The first-order valence-electron chi connectivity index (χ1n) is 9.30. The van der Waals surface area contributed by atoms with Crippen molar-refractivity contribution in [3.05, 3.63) is 11.6 Å². The number of aliphatic hydroxyl groups is 2. The highest BCUT2D eigenvalue weighted by Gasteiger charge is 2.60. The number of carbonyl (C=O) groups is 1. The summed E-state index contributed by atoms with van der Waals surface area (Å²) in [6, 6.07) is 0. The minimum absolute atomic E-state index is 0.0455. The van der Waals surface area contributed by atoms with E-state index in [-0.39, 0.29) is 23.9 Å². The summed E-state index contributed by atoms with van der Waals surface area (Å²) in [7, 11) is 0. The lowest BCUT2D eigenvalue weighted by atomic mass is 9.44. The number of hydrogen-bond acceptors (Lipinski definition) is 3. The van der Waals surface area contributed by atoms with Gasteiger partial charge in [-0.25, -0.2) is 0 Å². The van der Waals surface area contributed by atoms with Gasteiger partial charge in [0.25, 0.3) is 0 Å². The molecule has 4 heteroatoms. The van der Waals surface area contributed by atoms with Crippen molar-refractivity contribution in [2.24, 2.45) is 22.7 Å². The van der Waals surface area contributed by atoms with Crippen molar-refractivity contribution in [1.82, 2.24) is 0 Å². The summed E-state index contributed by atoms with van der Waals surface area (Å²) in [5.41, 5.74) is -0.442. The van der Waals surface area contributed by atoms with Gasteiger partial charge < -0.3 is 15.3 Å². The fourth-order valence-corrected chi connectivity index (χ4v) is 5.83. The largest absolute Gasteiger partial charge is 0.481 e. The van der Waals surface area contributed by atoms with E-state index in [9.17, 15) is 15.0 Å². The van der Waals surface area contributed by atoms with Crippen LogP contribution in [-0.2, 0) is 4.79 Å². The molecule has 0 aromatic heterocycles. The minimum Gasteiger partial charge on any atom is -0.481 e. The third kappa shape index (κ3) is 3.28. The number of rotatable bonds is 5. The third-order valence-electron chi connectivity index (χ3n) is 7.22. The monoisotopic (exact) mass is 338 g/mol. The van der Waals surface area contributed by atoms with E-state index in [1.165, 1.54) is 0 Å². The highest BCUT2D eigenvalue weighted by molar-refractivity contribution is 5.75. The molecule has 0 amide bonds. The van der Waals surface area contributed by atoms with Crippen molar-refractivity contribution in [1.29, 1.82) is 0 Å². The van der Waals surface area contributed by atoms with E-state index in [2.05, 4.69) is 6.92 Å². The highest BCUT2D eigenvalue weighted by Crippen LogP contribution is 2.63. The molecular formula is C20H34O4. The Hall–Kier alpha value is -0.870. The van der Waals surface area contributed by atoms with Crippen LogP contribution in [0.3, 0.4) is 0 Å². The van der Waals surface area contributed by atoms with Crippen LogP contribution in [0, 0.1) is 22.7 Å². The second-order valence-corrected chi connectivity index (χ2v) is 8.85. The molecule has 2 rings (SSSR count). The zero-order valence-corrected chi connectivity index (χ0v) is 15.6. The first kappa shape index (κ1) is 19.5. The van der Waals surface area contributed by atoms with Crippen LogP contribution in [0.2, 0.25) is 0 Å². The van der Waals surface area contributed by atoms with Crippen molar-refractivity contribution in [2.75, 3.05) is 6.61 Å². The first-order valence-corrected chi connectivity index (χ1v) is 9.30. The normalized spacial score (nSPS) is 43.3. The first-order chi connectivity index (χ1) is 11.1. The Morgan fingerprint density at radius 3 is 2.46 bits per heavy atom. The maximum atomic E-state index is 12.0. The summed E-state index contributed by atoms with van der Waals surface area (Å²) < 4.78 is 0. The molecule has 3 N–H and O–H groups in total. The summed E-state index contributed by atoms with van der Waals surface area (Å²) in [4.78, 5) is 12.0. The quantitative estimate of drug-likeness (QED) is 0.667. The molecule has 24 heavy (non-hydrogen) atoms. The summed E-state index contributed by atoms with van der Waals surface area (Å²) in [5, 5.41) is 30.0. The summed E-state index contributed by atoms with van der Waals surface area (Å²) >= 11 is 0. The Kier molecular flexibility index (Phi) is 5.51. The van der Waals surface area contributed by atoms with Crippen LogP contribution in [0.15, 0.2) is 11.6 Å². The number of carboxylic acid groups (broad SMARTS) is 1. The molecule has 0 unspecified atom stereocenters. The number of allylic oxidation sites excluding steroid dienone is 1.